The van der Waals surface area contributed by atoms with Gasteiger partial charge in [0.05, 0.1) is 10.6 Å². The van der Waals surface area contributed by atoms with E-state index >= 15 is 0 Å². The number of hydrogen-bond donors (Lipinski definition) is 1. The minimum Gasteiger partial charge on any atom is -0.372 e. The summed E-state index contributed by atoms with van der Waals surface area (Å²) in [4.78, 5) is 32.6. The number of hydrogen-bond acceptors (Lipinski definition) is 5. The lowest BCUT2D eigenvalue weighted by atomic mass is 9.75. The summed E-state index contributed by atoms with van der Waals surface area (Å²) in [7, 11) is 3.36. The molecule has 3 aliphatic rings. The second kappa shape index (κ2) is 11.6. The highest BCUT2D eigenvalue weighted by Gasteiger charge is 2.64. The normalized spacial score (nSPS) is 22.3. The summed E-state index contributed by atoms with van der Waals surface area (Å²) < 4.78 is 42.1. The van der Waals surface area contributed by atoms with Crippen LogP contribution in [0.3, 0.4) is 0 Å². The van der Waals surface area contributed by atoms with Crippen LogP contribution in [0.4, 0.5) is 18.9 Å². The number of alkyl halides is 3. The maximum absolute atomic E-state index is 14.0. The van der Waals surface area contributed by atoms with Crippen molar-refractivity contribution in [2.24, 2.45) is 5.92 Å². The molecule has 1 aromatic carbocycles. The van der Waals surface area contributed by atoms with E-state index < -0.39 is 23.6 Å². The summed E-state index contributed by atoms with van der Waals surface area (Å²) in [5.41, 5.74) is -1.89. The largest absolute Gasteiger partial charge is 0.426 e. The summed E-state index contributed by atoms with van der Waals surface area (Å²) in [5.74, 6) is -2.39. The minimum absolute atomic E-state index is 0.149. The summed E-state index contributed by atoms with van der Waals surface area (Å²) >= 11 is 6.38. The first-order chi connectivity index (χ1) is 17.9. The Morgan fingerprint density at radius 1 is 0.947 bits per heavy atom. The highest BCUT2D eigenvalue weighted by molar-refractivity contribution is 6.34. The smallest absolute Gasteiger partial charge is 0.372 e. The van der Waals surface area contributed by atoms with E-state index in [0.29, 0.717) is 36.3 Å². The quantitative estimate of drug-likeness (QED) is 0.591. The molecule has 0 unspecified atom stereocenters. The minimum atomic E-state index is -4.99. The van der Waals surface area contributed by atoms with E-state index in [1.807, 2.05) is 12.1 Å². The molecule has 4 rings (SSSR count). The van der Waals surface area contributed by atoms with Crippen LogP contribution in [0.15, 0.2) is 18.2 Å². The number of carbonyl (C=O) groups is 2. The fraction of sp³-hybridized carbons (Fsp3) is 0.704. The highest BCUT2D eigenvalue weighted by atomic mass is 35.5. The van der Waals surface area contributed by atoms with Gasteiger partial charge in [-0.3, -0.25) is 14.5 Å². The third kappa shape index (κ3) is 5.77. The standard InChI is InChI=1S/C27H38ClF3N4O3/c1-32(2)24(36)22-9-8-21(18-23(22)28)34-16-14-33(15-17-34)20-10-12-35(13-11-20)25(37)26(38,27(29,30)31)19-6-4-3-5-7-19/h8-9,18-20,38H,3-7,10-17H2,1-2H3/t26-/m1/s1. The molecule has 38 heavy (non-hydrogen) atoms. The molecule has 212 valence electrons. The van der Waals surface area contributed by atoms with Crippen molar-refractivity contribution in [2.75, 3.05) is 58.3 Å². The topological polar surface area (TPSA) is 67.3 Å². The van der Waals surface area contributed by atoms with Crippen LogP contribution in [0.1, 0.15) is 55.3 Å². The Balaban J connectivity index is 1.32. The first-order valence-corrected chi connectivity index (χ1v) is 13.9. The van der Waals surface area contributed by atoms with Crippen LogP contribution in [0.5, 0.6) is 0 Å². The molecule has 2 heterocycles. The van der Waals surface area contributed by atoms with Crippen LogP contribution in [0, 0.1) is 5.92 Å². The van der Waals surface area contributed by atoms with E-state index in [9.17, 15) is 27.9 Å². The molecule has 1 saturated carbocycles. The van der Waals surface area contributed by atoms with Gasteiger partial charge in [0, 0.05) is 71.0 Å². The first kappa shape index (κ1) is 29.0. The van der Waals surface area contributed by atoms with Crippen molar-refractivity contribution in [1.29, 1.82) is 0 Å². The first-order valence-electron chi connectivity index (χ1n) is 13.5. The average molecular weight is 559 g/mol. The molecule has 2 aliphatic heterocycles. The fourth-order valence-corrected chi connectivity index (χ4v) is 6.44. The lowest BCUT2D eigenvalue weighted by Crippen LogP contribution is -2.64. The number of likely N-dealkylation sites (tertiary alicyclic amines) is 1. The Morgan fingerprint density at radius 3 is 2.08 bits per heavy atom. The number of amides is 2. The van der Waals surface area contributed by atoms with Gasteiger partial charge in [-0.15, -0.1) is 0 Å². The molecular weight excluding hydrogens is 521 g/mol. The van der Waals surface area contributed by atoms with E-state index in [2.05, 4.69) is 9.80 Å². The number of piperidine rings is 1. The van der Waals surface area contributed by atoms with E-state index in [1.165, 1.54) is 9.80 Å². The Hall–Kier alpha value is -2.04. The lowest BCUT2D eigenvalue weighted by molar-refractivity contribution is -0.275. The summed E-state index contributed by atoms with van der Waals surface area (Å²) in [6.07, 6.45) is -1.32. The Labute approximate surface area is 227 Å². The van der Waals surface area contributed by atoms with Crippen LogP contribution < -0.4 is 4.90 Å². The van der Waals surface area contributed by atoms with Crippen LogP contribution in [-0.2, 0) is 4.79 Å². The number of benzene rings is 1. The predicted molar refractivity (Wildman–Crippen MR) is 140 cm³/mol. The molecule has 1 aromatic rings. The van der Waals surface area contributed by atoms with Crippen molar-refractivity contribution >= 4 is 29.1 Å². The van der Waals surface area contributed by atoms with Crippen LogP contribution in [0.2, 0.25) is 5.02 Å². The molecule has 2 saturated heterocycles. The van der Waals surface area contributed by atoms with Gasteiger partial charge in [0.2, 0.25) is 5.60 Å². The van der Waals surface area contributed by atoms with Gasteiger partial charge in [-0.1, -0.05) is 30.9 Å². The lowest BCUT2D eigenvalue weighted by Gasteiger charge is -2.46. The monoisotopic (exact) mass is 558 g/mol. The van der Waals surface area contributed by atoms with Crippen molar-refractivity contribution in [3.63, 3.8) is 0 Å². The van der Waals surface area contributed by atoms with Crippen LogP contribution in [0.25, 0.3) is 0 Å². The SMILES string of the molecule is CN(C)C(=O)c1ccc(N2CCN(C3CCN(C(=O)[C@](O)(C4CCCCC4)C(F)(F)F)CC3)CC2)cc1Cl. The van der Waals surface area contributed by atoms with Gasteiger partial charge >= 0.3 is 6.18 Å². The molecule has 0 aromatic heterocycles. The maximum Gasteiger partial charge on any atom is 0.426 e. The van der Waals surface area contributed by atoms with Crippen molar-refractivity contribution in [3.8, 4) is 0 Å². The van der Waals surface area contributed by atoms with E-state index in [-0.39, 0.29) is 37.9 Å². The molecule has 0 spiro atoms. The third-order valence-corrected chi connectivity index (χ3v) is 8.80. The number of nitrogens with zero attached hydrogens (tertiary/aromatic N) is 4. The van der Waals surface area contributed by atoms with Crippen molar-refractivity contribution < 1.29 is 27.9 Å². The van der Waals surface area contributed by atoms with Gasteiger partial charge < -0.3 is 19.8 Å². The number of anilines is 1. The zero-order valence-electron chi connectivity index (χ0n) is 22.1. The maximum atomic E-state index is 14.0. The number of carbonyl (C=O) groups excluding carboxylic acids is 2. The molecule has 1 aliphatic carbocycles. The van der Waals surface area contributed by atoms with E-state index in [1.54, 1.807) is 20.2 Å². The average Bonchev–Trinajstić information content (AvgIpc) is 2.91. The number of aliphatic hydroxyl groups is 1. The Bertz CT molecular complexity index is 1000. The van der Waals surface area contributed by atoms with Gasteiger partial charge in [-0.25, -0.2) is 0 Å². The summed E-state index contributed by atoms with van der Waals surface area (Å²) in [6, 6.07) is 5.63. The molecule has 0 radical (unpaired) electrons. The number of halogens is 4. The third-order valence-electron chi connectivity index (χ3n) is 8.49. The second-order valence-corrected chi connectivity index (χ2v) is 11.4. The van der Waals surface area contributed by atoms with Crippen molar-refractivity contribution in [3.05, 3.63) is 28.8 Å². The number of piperazine rings is 1. The van der Waals surface area contributed by atoms with Gasteiger partial charge in [0.1, 0.15) is 0 Å². The molecule has 7 nitrogen and oxygen atoms in total. The van der Waals surface area contributed by atoms with Crippen molar-refractivity contribution in [2.45, 2.75) is 62.8 Å². The molecule has 0 bridgehead atoms. The molecule has 11 heteroatoms. The second-order valence-electron chi connectivity index (χ2n) is 11.0. The van der Waals surface area contributed by atoms with Crippen LogP contribution in [-0.4, -0.2) is 103 Å². The Kier molecular flexibility index (Phi) is 8.84. The molecule has 1 N–H and O–H groups in total. The fourth-order valence-electron chi connectivity index (χ4n) is 6.18. The zero-order valence-corrected chi connectivity index (χ0v) is 22.9. The molecule has 1 atom stereocenters. The van der Waals surface area contributed by atoms with Gasteiger partial charge in [-0.05, 0) is 43.9 Å². The molecule has 3 fully saturated rings. The number of rotatable bonds is 5. The van der Waals surface area contributed by atoms with E-state index in [4.69, 9.17) is 11.6 Å². The molecule has 2 amide bonds. The van der Waals surface area contributed by atoms with Gasteiger partial charge in [-0.2, -0.15) is 13.2 Å². The molecular formula is C27H38ClF3N4O3. The van der Waals surface area contributed by atoms with Crippen LogP contribution >= 0.6 is 11.6 Å². The summed E-state index contributed by atoms with van der Waals surface area (Å²) in [6.45, 7) is 3.50. The zero-order chi connectivity index (χ0) is 27.7. The highest BCUT2D eigenvalue weighted by Crippen LogP contribution is 2.44. The van der Waals surface area contributed by atoms with Gasteiger partial charge in [0.25, 0.3) is 11.8 Å². The van der Waals surface area contributed by atoms with Crippen molar-refractivity contribution in [1.82, 2.24) is 14.7 Å². The predicted octanol–water partition coefficient (Wildman–Crippen LogP) is 4.03. The summed E-state index contributed by atoms with van der Waals surface area (Å²) in [5, 5.41) is 11.2. The van der Waals surface area contributed by atoms with E-state index in [0.717, 1.165) is 38.3 Å². The Morgan fingerprint density at radius 2 is 1.55 bits per heavy atom. The van der Waals surface area contributed by atoms with Gasteiger partial charge in [0.15, 0.2) is 0 Å².